The van der Waals surface area contributed by atoms with Gasteiger partial charge in [-0.1, -0.05) is 57.1 Å². The lowest BCUT2D eigenvalue weighted by Gasteiger charge is -2.28. The molecule has 1 aliphatic carbocycles. The van der Waals surface area contributed by atoms with Gasteiger partial charge in [-0.3, -0.25) is 4.79 Å². The Morgan fingerprint density at radius 1 is 0.587 bits per heavy atom. The summed E-state index contributed by atoms with van der Waals surface area (Å²) in [6, 6.07) is 8.67. The fraction of sp³-hybridized carbons (Fsp3) is 0.821. The van der Waals surface area contributed by atoms with Crippen molar-refractivity contribution < 1.29 is 33.2 Å². The Kier molecular flexibility index (Phi) is 19.1. The molecule has 0 spiro atoms. The van der Waals surface area contributed by atoms with Crippen LogP contribution in [0.4, 0.5) is 0 Å². The number of benzene rings is 1. The summed E-state index contributed by atoms with van der Waals surface area (Å²) in [6.07, 6.45) is 25.6. The molecular formula is C39H64O7. The van der Waals surface area contributed by atoms with Crippen molar-refractivity contribution in [2.75, 3.05) is 33.0 Å². The Labute approximate surface area is 279 Å². The zero-order valence-electron chi connectivity index (χ0n) is 28.8. The first-order valence-corrected chi connectivity index (χ1v) is 19.1. The molecule has 2 aliphatic heterocycles. The van der Waals surface area contributed by atoms with Gasteiger partial charge < -0.3 is 28.4 Å². The quantitative estimate of drug-likeness (QED) is 0.0867. The van der Waals surface area contributed by atoms with Gasteiger partial charge in [0, 0.05) is 32.8 Å². The molecule has 3 fully saturated rings. The van der Waals surface area contributed by atoms with E-state index in [1.807, 2.05) is 0 Å². The van der Waals surface area contributed by atoms with Crippen LogP contribution in [0.2, 0.25) is 0 Å². The van der Waals surface area contributed by atoms with Crippen molar-refractivity contribution in [3.8, 4) is 5.75 Å². The van der Waals surface area contributed by atoms with Gasteiger partial charge >= 0.3 is 5.97 Å². The molecule has 1 aromatic rings. The van der Waals surface area contributed by atoms with Crippen molar-refractivity contribution in [3.63, 3.8) is 0 Å². The fourth-order valence-corrected chi connectivity index (χ4v) is 6.89. The molecule has 1 aromatic carbocycles. The first-order valence-electron chi connectivity index (χ1n) is 19.1. The van der Waals surface area contributed by atoms with E-state index in [1.54, 1.807) is 0 Å². The van der Waals surface area contributed by atoms with Gasteiger partial charge in [-0.2, -0.15) is 0 Å². The zero-order valence-corrected chi connectivity index (χ0v) is 28.8. The topological polar surface area (TPSA) is 72.5 Å². The first kappa shape index (κ1) is 37.2. The van der Waals surface area contributed by atoms with E-state index in [-0.39, 0.29) is 24.7 Å². The average Bonchev–Trinajstić information content (AvgIpc) is 3.10. The van der Waals surface area contributed by atoms with Crippen LogP contribution in [0.25, 0.3) is 0 Å². The van der Waals surface area contributed by atoms with E-state index in [0.717, 1.165) is 116 Å². The van der Waals surface area contributed by atoms with E-state index >= 15 is 0 Å². The van der Waals surface area contributed by atoms with Gasteiger partial charge in [0.05, 0.1) is 6.61 Å². The highest BCUT2D eigenvalue weighted by atomic mass is 16.7. The number of carbonyl (C=O) groups is 1. The molecule has 0 bridgehead atoms. The van der Waals surface area contributed by atoms with Gasteiger partial charge in [-0.25, -0.2) is 0 Å². The summed E-state index contributed by atoms with van der Waals surface area (Å²) in [5, 5.41) is 0. The summed E-state index contributed by atoms with van der Waals surface area (Å²) in [7, 11) is 0. The fourth-order valence-electron chi connectivity index (χ4n) is 6.89. The lowest BCUT2D eigenvalue weighted by Crippen LogP contribution is -2.23. The number of hydrogen-bond donors (Lipinski definition) is 0. The molecule has 0 N–H and O–H groups in total. The summed E-state index contributed by atoms with van der Waals surface area (Å²) < 4.78 is 34.7. The predicted octanol–water partition coefficient (Wildman–Crippen LogP) is 9.79. The van der Waals surface area contributed by atoms with Crippen LogP contribution in [0.1, 0.15) is 159 Å². The van der Waals surface area contributed by atoms with Crippen LogP contribution in [0.15, 0.2) is 24.3 Å². The largest absolute Gasteiger partial charge is 0.494 e. The first-order chi connectivity index (χ1) is 22.8. The van der Waals surface area contributed by atoms with E-state index in [0.29, 0.717) is 12.3 Å². The number of carbonyl (C=O) groups excluding carboxylic acids is 1. The van der Waals surface area contributed by atoms with Gasteiger partial charge in [-0.05, 0) is 120 Å². The maximum Gasteiger partial charge on any atom is 0.306 e. The highest BCUT2D eigenvalue weighted by molar-refractivity contribution is 5.69. The van der Waals surface area contributed by atoms with Crippen LogP contribution >= 0.6 is 0 Å². The summed E-state index contributed by atoms with van der Waals surface area (Å²) in [5.41, 5.74) is 1.38. The molecule has 2 saturated heterocycles. The number of unbranched alkanes of at least 4 members (excludes halogenated alkanes) is 10. The molecule has 7 heteroatoms. The van der Waals surface area contributed by atoms with Crippen molar-refractivity contribution >= 4 is 5.97 Å². The van der Waals surface area contributed by atoms with Crippen molar-refractivity contribution in [1.29, 1.82) is 0 Å². The zero-order chi connectivity index (χ0) is 31.9. The van der Waals surface area contributed by atoms with Crippen LogP contribution in [-0.2, 0) is 28.5 Å². The van der Waals surface area contributed by atoms with E-state index in [1.165, 1.54) is 69.8 Å². The molecule has 0 aromatic heterocycles. The van der Waals surface area contributed by atoms with Gasteiger partial charge in [-0.15, -0.1) is 0 Å². The Morgan fingerprint density at radius 3 is 1.65 bits per heavy atom. The molecule has 2 unspecified atom stereocenters. The van der Waals surface area contributed by atoms with Crippen molar-refractivity contribution in [2.24, 2.45) is 0 Å². The van der Waals surface area contributed by atoms with Crippen molar-refractivity contribution in [1.82, 2.24) is 0 Å². The smallest absolute Gasteiger partial charge is 0.306 e. The molecule has 2 heterocycles. The monoisotopic (exact) mass is 644 g/mol. The standard InChI is InChI=1S/C39H64O7/c40-37(17-9-5-3-1-2-4-6-13-29-42-38-18-10-15-31-44-38)46-36-26-22-34(23-27-36)33-20-24-35(25-21-33)41-28-12-7-8-14-30-43-39-19-11-16-32-45-39/h20-21,24-25,34,36,38-39H,1-19,22-23,26-32H2. The lowest BCUT2D eigenvalue weighted by atomic mass is 9.83. The van der Waals surface area contributed by atoms with Crippen LogP contribution in [-0.4, -0.2) is 57.7 Å². The Bertz CT molecular complexity index is 886. The second-order valence-corrected chi connectivity index (χ2v) is 13.7. The third-order valence-electron chi connectivity index (χ3n) is 9.79. The highest BCUT2D eigenvalue weighted by Gasteiger charge is 2.25. The van der Waals surface area contributed by atoms with Crippen molar-refractivity contribution in [3.05, 3.63) is 29.8 Å². The maximum atomic E-state index is 12.4. The Morgan fingerprint density at radius 2 is 1.11 bits per heavy atom. The van der Waals surface area contributed by atoms with Crippen LogP contribution in [0.5, 0.6) is 5.75 Å². The highest BCUT2D eigenvalue weighted by Crippen LogP contribution is 2.35. The van der Waals surface area contributed by atoms with Crippen LogP contribution < -0.4 is 4.74 Å². The molecule has 0 radical (unpaired) electrons. The molecule has 0 amide bonds. The SMILES string of the molecule is O=C(CCCCCCCCCCOC1CCCCO1)OC1CCC(c2ccc(OCCCCCCOC3CCCCO3)cc2)CC1. The molecule has 3 aliphatic rings. The summed E-state index contributed by atoms with van der Waals surface area (Å²) in [5.74, 6) is 1.49. The predicted molar refractivity (Wildman–Crippen MR) is 182 cm³/mol. The van der Waals surface area contributed by atoms with E-state index in [4.69, 9.17) is 28.4 Å². The third kappa shape index (κ3) is 16.0. The van der Waals surface area contributed by atoms with Gasteiger partial charge in [0.15, 0.2) is 12.6 Å². The summed E-state index contributed by atoms with van der Waals surface area (Å²) in [4.78, 5) is 12.4. The minimum atomic E-state index is -0.00530. The molecule has 2 atom stereocenters. The van der Waals surface area contributed by atoms with Crippen LogP contribution in [0.3, 0.4) is 0 Å². The Hall–Kier alpha value is -1.67. The molecule has 7 nitrogen and oxygen atoms in total. The van der Waals surface area contributed by atoms with Gasteiger partial charge in [0.1, 0.15) is 11.9 Å². The lowest BCUT2D eigenvalue weighted by molar-refractivity contribution is -0.163. The second-order valence-electron chi connectivity index (χ2n) is 13.7. The van der Waals surface area contributed by atoms with Gasteiger partial charge in [0.25, 0.3) is 0 Å². The minimum Gasteiger partial charge on any atom is -0.494 e. The van der Waals surface area contributed by atoms with Crippen LogP contribution in [0, 0.1) is 0 Å². The number of esters is 1. The molecular weight excluding hydrogens is 580 g/mol. The normalized spacial score (nSPS) is 23.7. The number of ether oxygens (including phenoxy) is 6. The molecule has 46 heavy (non-hydrogen) atoms. The summed E-state index contributed by atoms with van der Waals surface area (Å²) in [6.45, 7) is 4.08. The average molecular weight is 645 g/mol. The van der Waals surface area contributed by atoms with E-state index in [9.17, 15) is 4.79 Å². The number of rotatable bonds is 23. The van der Waals surface area contributed by atoms with E-state index in [2.05, 4.69) is 24.3 Å². The summed E-state index contributed by atoms with van der Waals surface area (Å²) >= 11 is 0. The van der Waals surface area contributed by atoms with E-state index < -0.39 is 0 Å². The van der Waals surface area contributed by atoms with Crippen molar-refractivity contribution in [2.45, 2.75) is 172 Å². The molecule has 1 saturated carbocycles. The second kappa shape index (κ2) is 23.6. The molecule has 4 rings (SSSR count). The minimum absolute atomic E-state index is 0.00530. The number of hydrogen-bond acceptors (Lipinski definition) is 7. The third-order valence-corrected chi connectivity index (χ3v) is 9.79. The Balaban J connectivity index is 0.923. The molecule has 262 valence electrons. The van der Waals surface area contributed by atoms with Gasteiger partial charge in [0.2, 0.25) is 0 Å². The maximum absolute atomic E-state index is 12.4.